The third-order valence-electron chi connectivity index (χ3n) is 2.24. The van der Waals surface area contributed by atoms with Crippen LogP contribution in [-0.2, 0) is 21.1 Å². The van der Waals surface area contributed by atoms with Gasteiger partial charge in [0.05, 0.1) is 4.90 Å². The van der Waals surface area contributed by atoms with E-state index >= 15 is 0 Å². The molecule has 5 nitrogen and oxygen atoms in total. The average molecular weight is 243 g/mol. The maximum Gasteiger partial charge on any atom is 0.336 e. The van der Waals surface area contributed by atoms with Crippen molar-refractivity contribution >= 4 is 15.8 Å². The van der Waals surface area contributed by atoms with Crippen LogP contribution in [0.2, 0.25) is 0 Å². The molecular formula is C10H13NO4S. The second-order valence-corrected chi connectivity index (χ2v) is 5.37. The van der Waals surface area contributed by atoms with Crippen molar-refractivity contribution in [3.63, 3.8) is 0 Å². The number of rotatable bonds is 4. The number of hydrogen-bond acceptors (Lipinski definition) is 4. The molecule has 3 N–H and O–H groups in total. The van der Waals surface area contributed by atoms with Gasteiger partial charge in [0.1, 0.15) is 0 Å². The smallest absolute Gasteiger partial charge is 0.336 e. The van der Waals surface area contributed by atoms with Crippen LogP contribution in [0.3, 0.4) is 0 Å². The highest BCUT2D eigenvalue weighted by molar-refractivity contribution is 7.92. The third-order valence-corrected chi connectivity index (χ3v) is 4.04. The first-order valence-corrected chi connectivity index (χ1v) is 6.25. The Morgan fingerprint density at radius 1 is 1.38 bits per heavy atom. The van der Waals surface area contributed by atoms with Crippen molar-refractivity contribution in [1.82, 2.24) is 0 Å². The Hall–Kier alpha value is -1.40. The lowest BCUT2D eigenvalue weighted by Gasteiger charge is -2.08. The van der Waals surface area contributed by atoms with E-state index in [9.17, 15) is 13.2 Å². The number of hydrogen-bond donors (Lipinski definition) is 2. The predicted octanol–water partition coefficient (Wildman–Crippen LogP) is 0.392. The van der Waals surface area contributed by atoms with E-state index < -0.39 is 21.2 Å². The molecule has 0 fully saturated rings. The second-order valence-electron chi connectivity index (χ2n) is 3.30. The summed E-state index contributed by atoms with van der Waals surface area (Å²) < 4.78 is 23.3. The summed E-state index contributed by atoms with van der Waals surface area (Å²) in [6.07, 6.45) is 0.783. The Balaban J connectivity index is 3.13. The summed E-state index contributed by atoms with van der Waals surface area (Å²) in [6, 6.07) is 6.02. The van der Waals surface area contributed by atoms with Crippen molar-refractivity contribution in [2.24, 2.45) is 5.73 Å². The van der Waals surface area contributed by atoms with Crippen LogP contribution in [0.1, 0.15) is 12.5 Å². The number of nitrogens with two attached hydrogens (primary N) is 1. The Bertz CT molecular complexity index is 478. The third kappa shape index (κ3) is 2.40. The van der Waals surface area contributed by atoms with Gasteiger partial charge in [-0.05, 0) is 24.1 Å². The molecule has 88 valence electrons. The zero-order valence-corrected chi connectivity index (χ0v) is 9.57. The standard InChI is InChI=1S/C10H13NO4S/c1-2-7-3-5-8(6-4-7)16(14,15)9(11)10(12)13/h3-6,9H,2,11H2,1H3,(H,12,13). The molecule has 1 unspecified atom stereocenters. The van der Waals surface area contributed by atoms with Crippen LogP contribution in [0.5, 0.6) is 0 Å². The Morgan fingerprint density at radius 2 is 1.88 bits per heavy atom. The number of aryl methyl sites for hydroxylation is 1. The largest absolute Gasteiger partial charge is 0.479 e. The zero-order chi connectivity index (χ0) is 12.3. The van der Waals surface area contributed by atoms with Crippen LogP contribution in [0.25, 0.3) is 0 Å². The van der Waals surface area contributed by atoms with E-state index in [-0.39, 0.29) is 4.90 Å². The summed E-state index contributed by atoms with van der Waals surface area (Å²) in [5.41, 5.74) is 6.08. The van der Waals surface area contributed by atoms with Gasteiger partial charge in [-0.25, -0.2) is 13.2 Å². The lowest BCUT2D eigenvalue weighted by molar-refractivity contribution is -0.136. The molecule has 1 rings (SSSR count). The molecule has 0 aliphatic carbocycles. The van der Waals surface area contributed by atoms with Gasteiger partial charge < -0.3 is 10.8 Å². The highest BCUT2D eigenvalue weighted by atomic mass is 32.2. The van der Waals surface area contributed by atoms with Gasteiger partial charge in [-0.3, -0.25) is 0 Å². The lowest BCUT2D eigenvalue weighted by Crippen LogP contribution is -2.38. The maximum atomic E-state index is 11.7. The SMILES string of the molecule is CCc1ccc(S(=O)(=O)C(N)C(=O)O)cc1. The fraction of sp³-hybridized carbons (Fsp3) is 0.300. The van der Waals surface area contributed by atoms with Crippen molar-refractivity contribution in [3.8, 4) is 0 Å². The van der Waals surface area contributed by atoms with Gasteiger partial charge in [0, 0.05) is 0 Å². The summed E-state index contributed by atoms with van der Waals surface area (Å²) in [7, 11) is -3.98. The Kier molecular flexibility index (Phi) is 3.66. The summed E-state index contributed by atoms with van der Waals surface area (Å²) in [4.78, 5) is 10.5. The zero-order valence-electron chi connectivity index (χ0n) is 8.75. The number of carboxylic acids is 1. The second kappa shape index (κ2) is 4.63. The molecule has 0 saturated heterocycles. The molecule has 0 aliphatic rings. The van der Waals surface area contributed by atoms with Gasteiger partial charge in [0.2, 0.25) is 15.2 Å². The maximum absolute atomic E-state index is 11.7. The molecule has 0 heterocycles. The average Bonchev–Trinajstić information content (AvgIpc) is 2.28. The van der Waals surface area contributed by atoms with E-state index in [1.807, 2.05) is 6.92 Å². The van der Waals surface area contributed by atoms with Crippen molar-refractivity contribution < 1.29 is 18.3 Å². The summed E-state index contributed by atoms with van der Waals surface area (Å²) in [6.45, 7) is 1.94. The van der Waals surface area contributed by atoms with Crippen molar-refractivity contribution in [2.45, 2.75) is 23.6 Å². The molecule has 6 heteroatoms. The van der Waals surface area contributed by atoms with Gasteiger partial charge >= 0.3 is 5.97 Å². The fourth-order valence-electron chi connectivity index (χ4n) is 1.19. The lowest BCUT2D eigenvalue weighted by atomic mass is 10.2. The molecule has 1 aromatic rings. The number of sulfone groups is 1. The van der Waals surface area contributed by atoms with Gasteiger partial charge in [-0.1, -0.05) is 19.1 Å². The monoisotopic (exact) mass is 243 g/mol. The normalized spacial score (nSPS) is 13.4. The number of carboxylic acid groups (broad SMARTS) is 1. The van der Waals surface area contributed by atoms with Crippen LogP contribution in [0, 0.1) is 0 Å². The molecule has 0 aromatic heterocycles. The van der Waals surface area contributed by atoms with Crippen LogP contribution >= 0.6 is 0 Å². The van der Waals surface area contributed by atoms with Gasteiger partial charge in [0.25, 0.3) is 0 Å². The molecule has 0 saturated carbocycles. The van der Waals surface area contributed by atoms with Gasteiger partial charge in [-0.15, -0.1) is 0 Å². The van der Waals surface area contributed by atoms with E-state index in [1.165, 1.54) is 12.1 Å². The summed E-state index contributed by atoms with van der Waals surface area (Å²) in [5, 5.41) is 6.66. The quantitative estimate of drug-likeness (QED) is 0.797. The van der Waals surface area contributed by atoms with E-state index in [2.05, 4.69) is 0 Å². The minimum absolute atomic E-state index is 0.0698. The minimum Gasteiger partial charge on any atom is -0.479 e. The van der Waals surface area contributed by atoms with Crippen molar-refractivity contribution in [3.05, 3.63) is 29.8 Å². The molecule has 0 amide bonds. The molecule has 0 aliphatic heterocycles. The van der Waals surface area contributed by atoms with E-state index in [0.717, 1.165) is 12.0 Å². The Labute approximate surface area is 93.8 Å². The summed E-state index contributed by atoms with van der Waals surface area (Å²) in [5.74, 6) is -1.56. The van der Waals surface area contributed by atoms with Crippen LogP contribution in [-0.4, -0.2) is 24.9 Å². The number of aliphatic carboxylic acids is 1. The molecule has 16 heavy (non-hydrogen) atoms. The predicted molar refractivity (Wildman–Crippen MR) is 58.6 cm³/mol. The number of benzene rings is 1. The van der Waals surface area contributed by atoms with Crippen LogP contribution in [0.4, 0.5) is 0 Å². The van der Waals surface area contributed by atoms with Crippen molar-refractivity contribution in [1.29, 1.82) is 0 Å². The van der Waals surface area contributed by atoms with E-state index in [0.29, 0.717) is 0 Å². The topological polar surface area (TPSA) is 97.5 Å². The Morgan fingerprint density at radius 3 is 2.25 bits per heavy atom. The molecule has 1 aromatic carbocycles. The highest BCUT2D eigenvalue weighted by Gasteiger charge is 2.29. The van der Waals surface area contributed by atoms with E-state index in [4.69, 9.17) is 10.8 Å². The number of carbonyl (C=O) groups is 1. The molecule has 0 radical (unpaired) electrons. The molecule has 0 bridgehead atoms. The fourth-order valence-corrected chi connectivity index (χ4v) is 2.27. The van der Waals surface area contributed by atoms with Crippen LogP contribution < -0.4 is 5.73 Å². The van der Waals surface area contributed by atoms with Gasteiger partial charge in [-0.2, -0.15) is 0 Å². The first-order valence-electron chi connectivity index (χ1n) is 4.70. The van der Waals surface area contributed by atoms with Gasteiger partial charge in [0.15, 0.2) is 0 Å². The minimum atomic E-state index is -3.98. The molecular weight excluding hydrogens is 230 g/mol. The van der Waals surface area contributed by atoms with Crippen molar-refractivity contribution in [2.75, 3.05) is 0 Å². The molecule has 0 spiro atoms. The van der Waals surface area contributed by atoms with Crippen LogP contribution in [0.15, 0.2) is 29.2 Å². The molecule has 1 atom stereocenters. The highest BCUT2D eigenvalue weighted by Crippen LogP contribution is 2.15. The first kappa shape index (κ1) is 12.7. The van der Waals surface area contributed by atoms with E-state index in [1.54, 1.807) is 12.1 Å². The first-order chi connectivity index (χ1) is 7.39. The summed E-state index contributed by atoms with van der Waals surface area (Å²) >= 11 is 0.